The van der Waals surface area contributed by atoms with Gasteiger partial charge in [0.1, 0.15) is 6.33 Å². The molecular formula is C28H45N5O2. The monoisotopic (exact) mass is 483 g/mol. The van der Waals surface area contributed by atoms with Crippen molar-refractivity contribution in [1.82, 2.24) is 9.97 Å². The van der Waals surface area contributed by atoms with Crippen molar-refractivity contribution in [1.29, 1.82) is 0 Å². The van der Waals surface area contributed by atoms with Gasteiger partial charge in [-0.25, -0.2) is 9.97 Å². The molecule has 35 heavy (non-hydrogen) atoms. The maximum Gasteiger partial charge on any atom is 0.353 e. The summed E-state index contributed by atoms with van der Waals surface area (Å²) in [6.07, 6.45) is 19.7. The summed E-state index contributed by atoms with van der Waals surface area (Å²) >= 11 is 0. The summed E-state index contributed by atoms with van der Waals surface area (Å²) in [5.74, 6) is 0.477. The Morgan fingerprint density at radius 3 is 1.74 bits per heavy atom. The number of nitrogens with zero attached hydrogens (tertiary/aromatic N) is 3. The van der Waals surface area contributed by atoms with Gasteiger partial charge >= 0.3 is 5.69 Å². The normalized spacial score (nSPS) is 10.9. The van der Waals surface area contributed by atoms with Gasteiger partial charge in [0.2, 0.25) is 11.6 Å². The van der Waals surface area contributed by atoms with Gasteiger partial charge in [0.05, 0.1) is 4.92 Å². The third-order valence-electron chi connectivity index (χ3n) is 6.31. The highest BCUT2D eigenvalue weighted by Crippen LogP contribution is 2.31. The molecule has 0 aliphatic heterocycles. The molecule has 0 atom stereocenters. The van der Waals surface area contributed by atoms with Crippen molar-refractivity contribution in [3.63, 3.8) is 0 Å². The SMILES string of the molecule is CCCCCCCCCCCCCCCCNc1ncnc(Nc2cc(C)cc(C)c2)c1[N+](=O)[O-]. The van der Waals surface area contributed by atoms with E-state index in [4.69, 9.17) is 0 Å². The number of aryl methyl sites for hydroxylation is 2. The zero-order chi connectivity index (χ0) is 25.3. The fourth-order valence-electron chi connectivity index (χ4n) is 4.48. The number of benzene rings is 1. The van der Waals surface area contributed by atoms with Crippen LogP contribution < -0.4 is 10.6 Å². The van der Waals surface area contributed by atoms with Gasteiger partial charge in [-0.1, -0.05) is 96.5 Å². The van der Waals surface area contributed by atoms with Gasteiger partial charge in [-0.15, -0.1) is 0 Å². The molecule has 2 N–H and O–H groups in total. The van der Waals surface area contributed by atoms with Crippen LogP contribution in [0.4, 0.5) is 23.0 Å². The van der Waals surface area contributed by atoms with Crippen LogP contribution in [0, 0.1) is 24.0 Å². The van der Waals surface area contributed by atoms with Crippen LogP contribution in [0.15, 0.2) is 24.5 Å². The first kappa shape index (κ1) is 28.5. The van der Waals surface area contributed by atoms with E-state index in [2.05, 4.69) is 33.6 Å². The van der Waals surface area contributed by atoms with Gasteiger partial charge in [0, 0.05) is 12.2 Å². The van der Waals surface area contributed by atoms with Crippen molar-refractivity contribution in [2.24, 2.45) is 0 Å². The summed E-state index contributed by atoms with van der Waals surface area (Å²) in [6, 6.07) is 5.95. The fraction of sp³-hybridized carbons (Fsp3) is 0.643. The van der Waals surface area contributed by atoms with Crippen molar-refractivity contribution < 1.29 is 4.92 Å². The predicted molar refractivity (Wildman–Crippen MR) is 147 cm³/mol. The maximum atomic E-state index is 11.8. The molecule has 0 bridgehead atoms. The number of hydrogen-bond acceptors (Lipinski definition) is 6. The van der Waals surface area contributed by atoms with Crippen LogP contribution in [0.2, 0.25) is 0 Å². The third-order valence-corrected chi connectivity index (χ3v) is 6.31. The molecule has 0 aliphatic carbocycles. The molecule has 0 saturated heterocycles. The number of rotatable bonds is 19. The zero-order valence-corrected chi connectivity index (χ0v) is 22.1. The Bertz CT molecular complexity index is 867. The summed E-state index contributed by atoms with van der Waals surface area (Å²) in [6.45, 7) is 6.92. The summed E-state index contributed by atoms with van der Waals surface area (Å²) in [5, 5.41) is 18.0. The Kier molecular flexibility index (Phi) is 13.7. The predicted octanol–water partition coefficient (Wildman–Crippen LogP) is 8.64. The highest BCUT2D eigenvalue weighted by atomic mass is 16.6. The summed E-state index contributed by atoms with van der Waals surface area (Å²) in [5.41, 5.74) is 2.83. The third kappa shape index (κ3) is 11.5. The fourth-order valence-corrected chi connectivity index (χ4v) is 4.48. The second-order valence-electron chi connectivity index (χ2n) is 9.70. The molecule has 194 valence electrons. The molecule has 2 aromatic rings. The Morgan fingerprint density at radius 1 is 0.743 bits per heavy atom. The van der Waals surface area contributed by atoms with E-state index < -0.39 is 4.92 Å². The molecule has 7 nitrogen and oxygen atoms in total. The van der Waals surface area contributed by atoms with Crippen LogP contribution in [0.25, 0.3) is 0 Å². The van der Waals surface area contributed by atoms with Gasteiger partial charge in [-0.2, -0.15) is 0 Å². The smallest absolute Gasteiger partial charge is 0.353 e. The number of unbranched alkanes of at least 4 members (excludes halogenated alkanes) is 13. The minimum atomic E-state index is -0.418. The van der Waals surface area contributed by atoms with Gasteiger partial charge in [0.15, 0.2) is 0 Å². The maximum absolute atomic E-state index is 11.8. The average Bonchev–Trinajstić information content (AvgIpc) is 2.81. The van der Waals surface area contributed by atoms with Gasteiger partial charge < -0.3 is 10.6 Å². The minimum absolute atomic E-state index is 0.114. The first-order chi connectivity index (χ1) is 17.0. The Labute approximate surface area is 211 Å². The molecule has 0 spiro atoms. The topological polar surface area (TPSA) is 93.0 Å². The number of nitrogens with one attached hydrogen (secondary N) is 2. The molecule has 2 rings (SSSR count). The van der Waals surface area contributed by atoms with Crippen molar-refractivity contribution >= 4 is 23.0 Å². The highest BCUT2D eigenvalue weighted by Gasteiger charge is 2.23. The quantitative estimate of drug-likeness (QED) is 0.118. The van der Waals surface area contributed by atoms with E-state index in [9.17, 15) is 10.1 Å². The molecule has 7 heteroatoms. The number of hydrogen-bond donors (Lipinski definition) is 2. The standard InChI is InChI=1S/C28H45N5O2/c1-4-5-6-7-8-9-10-11-12-13-14-15-16-17-18-29-27-26(33(34)35)28(31-22-30-27)32-25-20-23(2)19-24(3)21-25/h19-22H,4-18H2,1-3H3,(H2,29,30,31,32). The zero-order valence-electron chi connectivity index (χ0n) is 22.1. The van der Waals surface area contributed by atoms with E-state index >= 15 is 0 Å². The summed E-state index contributed by atoms with van der Waals surface area (Å²) in [4.78, 5) is 19.6. The first-order valence-corrected chi connectivity index (χ1v) is 13.6. The molecule has 0 radical (unpaired) electrons. The van der Waals surface area contributed by atoms with Crippen LogP contribution in [0.1, 0.15) is 108 Å². The summed E-state index contributed by atoms with van der Waals surface area (Å²) < 4.78 is 0. The molecular weight excluding hydrogens is 438 g/mol. The molecule has 0 unspecified atom stereocenters. The lowest BCUT2D eigenvalue weighted by Gasteiger charge is -2.11. The van der Waals surface area contributed by atoms with Crippen molar-refractivity contribution in [3.05, 3.63) is 45.8 Å². The summed E-state index contributed by atoms with van der Waals surface area (Å²) in [7, 11) is 0. The van der Waals surface area contributed by atoms with E-state index in [1.54, 1.807) is 0 Å². The number of aromatic nitrogens is 2. The van der Waals surface area contributed by atoms with Crippen LogP contribution in [-0.2, 0) is 0 Å². The average molecular weight is 484 g/mol. The van der Waals surface area contributed by atoms with Crippen LogP contribution in [-0.4, -0.2) is 21.4 Å². The molecule has 1 aromatic heterocycles. The first-order valence-electron chi connectivity index (χ1n) is 13.6. The number of anilines is 3. The number of nitro groups is 1. The molecule has 1 aromatic carbocycles. The second-order valence-corrected chi connectivity index (χ2v) is 9.70. The van der Waals surface area contributed by atoms with Gasteiger partial charge in [0.25, 0.3) is 0 Å². The van der Waals surface area contributed by atoms with E-state index in [0.29, 0.717) is 6.54 Å². The molecule has 0 amide bonds. The Balaban J connectivity index is 1.65. The van der Waals surface area contributed by atoms with Gasteiger partial charge in [-0.3, -0.25) is 10.1 Å². The van der Waals surface area contributed by atoms with Crippen LogP contribution in [0.5, 0.6) is 0 Å². The van der Waals surface area contributed by atoms with E-state index in [1.807, 2.05) is 26.0 Å². The largest absolute Gasteiger partial charge is 0.364 e. The lowest BCUT2D eigenvalue weighted by Crippen LogP contribution is -2.09. The molecule has 0 saturated carbocycles. The Morgan fingerprint density at radius 2 is 1.23 bits per heavy atom. The lowest BCUT2D eigenvalue weighted by atomic mass is 10.0. The van der Waals surface area contributed by atoms with E-state index in [1.165, 1.54) is 83.4 Å². The van der Waals surface area contributed by atoms with E-state index in [0.717, 1.165) is 29.7 Å². The van der Waals surface area contributed by atoms with Crippen molar-refractivity contribution in [2.75, 3.05) is 17.2 Å². The molecule has 0 aliphatic rings. The molecule has 1 heterocycles. The van der Waals surface area contributed by atoms with Crippen molar-refractivity contribution in [2.45, 2.75) is 111 Å². The second kappa shape index (κ2) is 16.8. The van der Waals surface area contributed by atoms with Crippen molar-refractivity contribution in [3.8, 4) is 0 Å². The van der Waals surface area contributed by atoms with Crippen LogP contribution in [0.3, 0.4) is 0 Å². The highest BCUT2D eigenvalue weighted by molar-refractivity contribution is 5.74. The minimum Gasteiger partial charge on any atom is -0.364 e. The molecule has 0 fully saturated rings. The van der Waals surface area contributed by atoms with E-state index in [-0.39, 0.29) is 17.3 Å². The lowest BCUT2D eigenvalue weighted by molar-refractivity contribution is -0.383. The Hall–Kier alpha value is -2.70. The van der Waals surface area contributed by atoms with Gasteiger partial charge in [-0.05, 0) is 43.5 Å². The van der Waals surface area contributed by atoms with Crippen LogP contribution >= 0.6 is 0 Å².